The van der Waals surface area contributed by atoms with E-state index in [0.29, 0.717) is 24.5 Å². The van der Waals surface area contributed by atoms with Crippen molar-refractivity contribution in [3.8, 4) is 5.69 Å². The van der Waals surface area contributed by atoms with Crippen LogP contribution in [-0.4, -0.2) is 52.4 Å². The predicted molar refractivity (Wildman–Crippen MR) is 111 cm³/mol. The number of para-hydroxylation sites is 1. The molecule has 1 aliphatic rings. The molecule has 6 heteroatoms. The maximum absolute atomic E-state index is 4.86. The van der Waals surface area contributed by atoms with Gasteiger partial charge in [0.25, 0.3) is 0 Å². The van der Waals surface area contributed by atoms with Crippen LogP contribution in [0.15, 0.2) is 47.7 Å². The largest absolute Gasteiger partial charge is 0.357 e. The summed E-state index contributed by atoms with van der Waals surface area (Å²) < 4.78 is 1.89. The minimum absolute atomic E-state index is 0.423. The summed E-state index contributed by atoms with van der Waals surface area (Å²) in [5, 5.41) is 11.4. The van der Waals surface area contributed by atoms with Crippen molar-refractivity contribution in [2.24, 2.45) is 10.9 Å². The van der Waals surface area contributed by atoms with Gasteiger partial charge in [0.1, 0.15) is 0 Å². The first kappa shape index (κ1) is 19.4. The lowest BCUT2D eigenvalue weighted by Gasteiger charge is -2.22. The van der Waals surface area contributed by atoms with Crippen LogP contribution in [0.2, 0.25) is 0 Å². The van der Waals surface area contributed by atoms with Crippen molar-refractivity contribution in [2.75, 3.05) is 19.6 Å². The highest BCUT2D eigenvalue weighted by atomic mass is 15.3. The van der Waals surface area contributed by atoms with E-state index >= 15 is 0 Å². The van der Waals surface area contributed by atoms with Crippen LogP contribution < -0.4 is 10.6 Å². The van der Waals surface area contributed by atoms with Crippen molar-refractivity contribution in [1.29, 1.82) is 0 Å². The van der Waals surface area contributed by atoms with Gasteiger partial charge in [0, 0.05) is 44.1 Å². The molecule has 27 heavy (non-hydrogen) atoms. The average molecular weight is 369 g/mol. The first-order chi connectivity index (χ1) is 13.1. The third kappa shape index (κ3) is 4.89. The molecule has 0 saturated carbocycles. The van der Waals surface area contributed by atoms with Crippen molar-refractivity contribution >= 4 is 5.96 Å². The first-order valence-corrected chi connectivity index (χ1v) is 9.95. The Bertz CT molecular complexity index is 737. The summed E-state index contributed by atoms with van der Waals surface area (Å²) in [5.41, 5.74) is 2.23. The number of benzene rings is 1. The van der Waals surface area contributed by atoms with Crippen molar-refractivity contribution < 1.29 is 0 Å². The van der Waals surface area contributed by atoms with Gasteiger partial charge < -0.3 is 10.6 Å². The summed E-state index contributed by atoms with van der Waals surface area (Å²) >= 11 is 0. The topological polar surface area (TPSA) is 57.5 Å². The van der Waals surface area contributed by atoms with Crippen molar-refractivity contribution in [1.82, 2.24) is 25.3 Å². The van der Waals surface area contributed by atoms with Crippen LogP contribution in [-0.2, 0) is 6.54 Å². The minimum Gasteiger partial charge on any atom is -0.357 e. The SMILES string of the molecule is CCNC(=NCc1ccccc1-n1cccn1)NC1CN(C(C)C)CC1C. The second kappa shape index (κ2) is 9.04. The smallest absolute Gasteiger partial charge is 0.191 e. The Morgan fingerprint density at radius 1 is 1.26 bits per heavy atom. The Hall–Kier alpha value is -2.34. The lowest BCUT2D eigenvalue weighted by Crippen LogP contribution is -2.46. The molecule has 2 atom stereocenters. The fourth-order valence-electron chi connectivity index (χ4n) is 3.55. The van der Waals surface area contributed by atoms with E-state index in [-0.39, 0.29) is 0 Å². The molecule has 2 heterocycles. The van der Waals surface area contributed by atoms with E-state index in [1.54, 1.807) is 6.20 Å². The van der Waals surface area contributed by atoms with Gasteiger partial charge in [0.15, 0.2) is 5.96 Å². The van der Waals surface area contributed by atoms with Gasteiger partial charge >= 0.3 is 0 Å². The Morgan fingerprint density at radius 2 is 2.07 bits per heavy atom. The Morgan fingerprint density at radius 3 is 2.74 bits per heavy atom. The summed E-state index contributed by atoms with van der Waals surface area (Å²) in [7, 11) is 0. The number of nitrogens with zero attached hydrogens (tertiary/aromatic N) is 4. The van der Waals surface area contributed by atoms with E-state index in [0.717, 1.165) is 36.8 Å². The Labute approximate surface area is 162 Å². The standard InChI is InChI=1S/C21H32N6/c1-5-22-21(25-19-15-26(16(2)3)14-17(19)4)23-13-18-9-6-7-10-20(18)27-12-8-11-24-27/h6-12,16-17,19H,5,13-15H2,1-4H3,(H2,22,23,25). The Kier molecular flexibility index (Phi) is 6.50. The van der Waals surface area contributed by atoms with Crippen LogP contribution in [0.25, 0.3) is 5.69 Å². The van der Waals surface area contributed by atoms with Crippen LogP contribution in [0.3, 0.4) is 0 Å². The van der Waals surface area contributed by atoms with Crippen molar-refractivity contribution in [3.05, 3.63) is 48.3 Å². The second-order valence-corrected chi connectivity index (χ2v) is 7.55. The third-order valence-electron chi connectivity index (χ3n) is 5.19. The van der Waals surface area contributed by atoms with E-state index in [4.69, 9.17) is 4.99 Å². The lowest BCUT2D eigenvalue weighted by atomic mass is 10.1. The highest BCUT2D eigenvalue weighted by Gasteiger charge is 2.31. The van der Waals surface area contributed by atoms with Crippen molar-refractivity contribution in [2.45, 2.75) is 46.3 Å². The normalized spacial score (nSPS) is 21.0. The second-order valence-electron chi connectivity index (χ2n) is 7.55. The van der Waals surface area contributed by atoms with Crippen LogP contribution in [0.1, 0.15) is 33.3 Å². The summed E-state index contributed by atoms with van der Waals surface area (Å²) in [6.07, 6.45) is 3.76. The molecule has 2 unspecified atom stereocenters. The average Bonchev–Trinajstić information content (AvgIpc) is 3.31. The van der Waals surface area contributed by atoms with E-state index in [2.05, 4.69) is 66.5 Å². The summed E-state index contributed by atoms with van der Waals surface area (Å²) in [6, 6.07) is 11.2. The van der Waals surface area contributed by atoms with Gasteiger partial charge in [0.2, 0.25) is 0 Å². The van der Waals surface area contributed by atoms with E-state index in [1.807, 2.05) is 23.0 Å². The molecular formula is C21H32N6. The molecule has 1 fully saturated rings. The molecule has 0 aliphatic carbocycles. The number of likely N-dealkylation sites (tertiary alicyclic amines) is 1. The molecule has 0 bridgehead atoms. The van der Waals surface area contributed by atoms with E-state index < -0.39 is 0 Å². The zero-order valence-corrected chi connectivity index (χ0v) is 16.9. The Balaban J connectivity index is 1.72. The molecule has 2 N–H and O–H groups in total. The van der Waals surface area contributed by atoms with Crippen molar-refractivity contribution in [3.63, 3.8) is 0 Å². The molecule has 146 valence electrons. The molecule has 1 aromatic carbocycles. The highest BCUT2D eigenvalue weighted by molar-refractivity contribution is 5.80. The van der Waals surface area contributed by atoms with Crippen LogP contribution >= 0.6 is 0 Å². The molecule has 0 radical (unpaired) electrons. The number of aromatic nitrogens is 2. The minimum atomic E-state index is 0.423. The number of rotatable bonds is 6. The number of aliphatic imine (C=N–C) groups is 1. The van der Waals surface area contributed by atoms with Crippen LogP contribution in [0, 0.1) is 5.92 Å². The van der Waals surface area contributed by atoms with Gasteiger partial charge in [-0.3, -0.25) is 4.90 Å². The molecular weight excluding hydrogens is 336 g/mol. The van der Waals surface area contributed by atoms with E-state index in [1.165, 1.54) is 0 Å². The monoisotopic (exact) mass is 368 g/mol. The summed E-state index contributed by atoms with van der Waals surface area (Å²) in [5.74, 6) is 1.49. The maximum Gasteiger partial charge on any atom is 0.191 e. The van der Waals surface area contributed by atoms with Gasteiger partial charge in [-0.05, 0) is 44.4 Å². The maximum atomic E-state index is 4.86. The zero-order valence-electron chi connectivity index (χ0n) is 16.9. The highest BCUT2D eigenvalue weighted by Crippen LogP contribution is 2.19. The number of nitrogens with one attached hydrogen (secondary N) is 2. The molecule has 1 aliphatic heterocycles. The molecule has 2 aromatic rings. The fraction of sp³-hybridized carbons (Fsp3) is 0.524. The van der Waals surface area contributed by atoms with Crippen LogP contribution in [0.5, 0.6) is 0 Å². The summed E-state index contributed by atoms with van der Waals surface area (Å²) in [4.78, 5) is 7.38. The predicted octanol–water partition coefficient (Wildman–Crippen LogP) is 2.66. The lowest BCUT2D eigenvalue weighted by molar-refractivity contribution is 0.265. The summed E-state index contributed by atoms with van der Waals surface area (Å²) in [6.45, 7) is 12.6. The number of guanidine groups is 1. The molecule has 0 amide bonds. The first-order valence-electron chi connectivity index (χ1n) is 9.95. The van der Waals surface area contributed by atoms with Gasteiger partial charge in [-0.15, -0.1) is 0 Å². The quantitative estimate of drug-likeness (QED) is 0.608. The zero-order chi connectivity index (χ0) is 19.2. The van der Waals surface area contributed by atoms with Gasteiger partial charge in [-0.1, -0.05) is 25.1 Å². The molecule has 0 spiro atoms. The van der Waals surface area contributed by atoms with Gasteiger partial charge in [0.05, 0.1) is 12.2 Å². The molecule has 6 nitrogen and oxygen atoms in total. The van der Waals surface area contributed by atoms with Crippen LogP contribution in [0.4, 0.5) is 0 Å². The van der Waals surface area contributed by atoms with Gasteiger partial charge in [-0.25, -0.2) is 9.67 Å². The molecule has 1 aromatic heterocycles. The molecule has 3 rings (SSSR count). The number of hydrogen-bond donors (Lipinski definition) is 2. The molecule has 1 saturated heterocycles. The number of hydrogen-bond acceptors (Lipinski definition) is 3. The fourth-order valence-corrected chi connectivity index (χ4v) is 3.55. The third-order valence-corrected chi connectivity index (χ3v) is 5.19. The van der Waals surface area contributed by atoms with E-state index in [9.17, 15) is 0 Å². The van der Waals surface area contributed by atoms with Gasteiger partial charge in [-0.2, -0.15) is 5.10 Å².